The Balaban J connectivity index is 1.76. The molecule has 0 bridgehead atoms. The SMILES string of the molecule is COc1cccc(/C=C/C(=O)Nc2ccccc2Cl)c1OCc1ccc(Br)cc1. The Hall–Kier alpha value is -2.76. The summed E-state index contributed by atoms with van der Waals surface area (Å²) in [6, 6.07) is 20.5. The third-order valence-electron chi connectivity index (χ3n) is 4.07. The first-order chi connectivity index (χ1) is 14.1. The molecule has 29 heavy (non-hydrogen) atoms. The number of halogens is 2. The van der Waals surface area contributed by atoms with E-state index in [4.69, 9.17) is 21.1 Å². The molecule has 0 radical (unpaired) electrons. The molecule has 0 fully saturated rings. The summed E-state index contributed by atoms with van der Waals surface area (Å²) in [6.07, 6.45) is 3.12. The van der Waals surface area contributed by atoms with Gasteiger partial charge in [0, 0.05) is 16.1 Å². The maximum Gasteiger partial charge on any atom is 0.248 e. The summed E-state index contributed by atoms with van der Waals surface area (Å²) in [6.45, 7) is 0.375. The lowest BCUT2D eigenvalue weighted by Crippen LogP contribution is -2.08. The number of hydrogen-bond donors (Lipinski definition) is 1. The molecule has 0 atom stereocenters. The molecule has 6 heteroatoms. The predicted octanol–water partition coefficient (Wildman–Crippen LogP) is 6.34. The number of methoxy groups -OCH3 is 1. The fourth-order valence-corrected chi connectivity index (χ4v) is 3.07. The van der Waals surface area contributed by atoms with Gasteiger partial charge in [-0.25, -0.2) is 0 Å². The molecule has 3 aromatic carbocycles. The van der Waals surface area contributed by atoms with Gasteiger partial charge in [0.25, 0.3) is 0 Å². The molecule has 3 aromatic rings. The van der Waals surface area contributed by atoms with E-state index >= 15 is 0 Å². The second kappa shape index (κ2) is 10.1. The number of rotatable bonds is 7. The average Bonchev–Trinajstić information content (AvgIpc) is 2.73. The number of hydrogen-bond acceptors (Lipinski definition) is 3. The fourth-order valence-electron chi connectivity index (χ4n) is 2.62. The molecular weight excluding hydrogens is 454 g/mol. The molecule has 1 N–H and O–H groups in total. The van der Waals surface area contributed by atoms with E-state index in [0.717, 1.165) is 15.6 Å². The van der Waals surface area contributed by atoms with Crippen molar-refractivity contribution < 1.29 is 14.3 Å². The van der Waals surface area contributed by atoms with Gasteiger partial charge in [-0.15, -0.1) is 0 Å². The van der Waals surface area contributed by atoms with E-state index < -0.39 is 0 Å². The maximum absolute atomic E-state index is 12.3. The summed E-state index contributed by atoms with van der Waals surface area (Å²) >= 11 is 9.50. The van der Waals surface area contributed by atoms with Crippen LogP contribution < -0.4 is 14.8 Å². The van der Waals surface area contributed by atoms with E-state index in [0.29, 0.717) is 28.8 Å². The summed E-state index contributed by atoms with van der Waals surface area (Å²) in [7, 11) is 1.58. The minimum absolute atomic E-state index is 0.292. The van der Waals surface area contributed by atoms with Crippen LogP contribution in [0, 0.1) is 0 Å². The predicted molar refractivity (Wildman–Crippen MR) is 121 cm³/mol. The highest BCUT2D eigenvalue weighted by Gasteiger charge is 2.10. The van der Waals surface area contributed by atoms with Gasteiger partial charge in [0.1, 0.15) is 6.61 Å². The van der Waals surface area contributed by atoms with Crippen LogP contribution in [0.2, 0.25) is 5.02 Å². The molecular formula is C23H19BrClNO3. The lowest BCUT2D eigenvalue weighted by atomic mass is 10.1. The summed E-state index contributed by atoms with van der Waals surface area (Å²) in [5.41, 5.74) is 2.31. The van der Waals surface area contributed by atoms with E-state index in [9.17, 15) is 4.79 Å². The van der Waals surface area contributed by atoms with E-state index in [1.54, 1.807) is 37.5 Å². The highest BCUT2D eigenvalue weighted by atomic mass is 79.9. The topological polar surface area (TPSA) is 47.6 Å². The van der Waals surface area contributed by atoms with Crippen LogP contribution >= 0.6 is 27.5 Å². The molecule has 0 aromatic heterocycles. The molecule has 0 heterocycles. The van der Waals surface area contributed by atoms with Crippen molar-refractivity contribution >= 4 is 45.2 Å². The zero-order valence-electron chi connectivity index (χ0n) is 15.7. The molecule has 0 spiro atoms. The normalized spacial score (nSPS) is 10.7. The van der Waals surface area contributed by atoms with Gasteiger partial charge >= 0.3 is 0 Å². The van der Waals surface area contributed by atoms with E-state index in [1.165, 1.54) is 6.08 Å². The summed E-state index contributed by atoms with van der Waals surface area (Å²) in [4.78, 5) is 12.3. The monoisotopic (exact) mass is 471 g/mol. The standard InChI is InChI=1S/C23H19BrClNO3/c1-28-21-8-4-5-17(23(21)29-15-16-9-12-18(24)13-10-16)11-14-22(27)26-20-7-3-2-6-19(20)25/h2-14H,15H2,1H3,(H,26,27)/b14-11+. The van der Waals surface area contributed by atoms with Crippen molar-refractivity contribution in [1.82, 2.24) is 0 Å². The van der Waals surface area contributed by atoms with Crippen LogP contribution in [0.15, 0.2) is 77.3 Å². The fraction of sp³-hybridized carbons (Fsp3) is 0.0870. The molecule has 3 rings (SSSR count). The number of amides is 1. The van der Waals surface area contributed by atoms with E-state index in [2.05, 4.69) is 21.2 Å². The molecule has 0 unspecified atom stereocenters. The molecule has 0 aliphatic heterocycles. The van der Waals surface area contributed by atoms with Crippen LogP contribution in [0.3, 0.4) is 0 Å². The van der Waals surface area contributed by atoms with E-state index in [-0.39, 0.29) is 5.91 Å². The van der Waals surface area contributed by atoms with Crippen molar-refractivity contribution in [3.8, 4) is 11.5 Å². The van der Waals surface area contributed by atoms with Crippen LogP contribution in [0.5, 0.6) is 11.5 Å². The second-order valence-electron chi connectivity index (χ2n) is 6.10. The number of anilines is 1. The molecule has 0 saturated carbocycles. The minimum Gasteiger partial charge on any atom is -0.493 e. The zero-order chi connectivity index (χ0) is 20.6. The first kappa shape index (κ1) is 21.0. The Morgan fingerprint density at radius 2 is 1.83 bits per heavy atom. The van der Waals surface area contributed by atoms with Crippen LogP contribution in [-0.4, -0.2) is 13.0 Å². The summed E-state index contributed by atoms with van der Waals surface area (Å²) in [5.74, 6) is 0.871. The smallest absolute Gasteiger partial charge is 0.248 e. The van der Waals surface area contributed by atoms with Crippen LogP contribution in [-0.2, 0) is 11.4 Å². The highest BCUT2D eigenvalue weighted by molar-refractivity contribution is 9.10. The third kappa shape index (κ3) is 5.86. The lowest BCUT2D eigenvalue weighted by molar-refractivity contribution is -0.111. The Labute approximate surface area is 183 Å². The molecule has 0 saturated heterocycles. The van der Waals surface area contributed by atoms with Gasteiger partial charge in [-0.05, 0) is 42.0 Å². The third-order valence-corrected chi connectivity index (χ3v) is 4.93. The van der Waals surface area contributed by atoms with Crippen LogP contribution in [0.25, 0.3) is 6.08 Å². The average molecular weight is 473 g/mol. The van der Waals surface area contributed by atoms with Gasteiger partial charge in [-0.1, -0.05) is 63.9 Å². The van der Waals surface area contributed by atoms with Crippen molar-refractivity contribution in [2.75, 3.05) is 12.4 Å². The van der Waals surface area contributed by atoms with Gasteiger partial charge in [0.15, 0.2) is 11.5 Å². The van der Waals surface area contributed by atoms with Gasteiger partial charge in [-0.2, -0.15) is 0 Å². The van der Waals surface area contributed by atoms with Gasteiger partial charge in [-0.3, -0.25) is 4.79 Å². The molecule has 1 amide bonds. The van der Waals surface area contributed by atoms with Crippen molar-refractivity contribution in [3.63, 3.8) is 0 Å². The molecule has 0 aliphatic carbocycles. The Bertz CT molecular complexity index is 1020. The largest absolute Gasteiger partial charge is 0.493 e. The highest BCUT2D eigenvalue weighted by Crippen LogP contribution is 2.33. The molecule has 4 nitrogen and oxygen atoms in total. The van der Waals surface area contributed by atoms with E-state index in [1.807, 2.05) is 42.5 Å². The van der Waals surface area contributed by atoms with Crippen molar-refractivity contribution in [2.24, 2.45) is 0 Å². The minimum atomic E-state index is -0.292. The quantitative estimate of drug-likeness (QED) is 0.408. The van der Waals surface area contributed by atoms with Crippen molar-refractivity contribution in [1.29, 1.82) is 0 Å². The number of carbonyl (C=O) groups excluding carboxylic acids is 1. The zero-order valence-corrected chi connectivity index (χ0v) is 18.0. The van der Waals surface area contributed by atoms with Crippen LogP contribution in [0.1, 0.15) is 11.1 Å². The summed E-state index contributed by atoms with van der Waals surface area (Å²) < 4.78 is 12.4. The van der Waals surface area contributed by atoms with Crippen molar-refractivity contribution in [3.05, 3.63) is 93.4 Å². The second-order valence-corrected chi connectivity index (χ2v) is 7.42. The van der Waals surface area contributed by atoms with Gasteiger partial charge in [0.2, 0.25) is 5.91 Å². The Morgan fingerprint density at radius 1 is 1.07 bits per heavy atom. The molecule has 148 valence electrons. The first-order valence-electron chi connectivity index (χ1n) is 8.84. The molecule has 0 aliphatic rings. The lowest BCUT2D eigenvalue weighted by Gasteiger charge is -2.13. The number of nitrogens with one attached hydrogen (secondary N) is 1. The summed E-state index contributed by atoms with van der Waals surface area (Å²) in [5, 5.41) is 3.24. The number of benzene rings is 3. The Morgan fingerprint density at radius 3 is 2.55 bits per heavy atom. The Kier molecular flexibility index (Phi) is 7.33. The number of para-hydroxylation sites is 2. The van der Waals surface area contributed by atoms with Crippen LogP contribution in [0.4, 0.5) is 5.69 Å². The van der Waals surface area contributed by atoms with Crippen molar-refractivity contribution in [2.45, 2.75) is 6.61 Å². The number of ether oxygens (including phenoxy) is 2. The first-order valence-corrected chi connectivity index (χ1v) is 10.0. The maximum atomic E-state index is 12.3. The van der Waals surface area contributed by atoms with Gasteiger partial charge < -0.3 is 14.8 Å². The number of carbonyl (C=O) groups is 1. The van der Waals surface area contributed by atoms with Gasteiger partial charge in [0.05, 0.1) is 17.8 Å².